The first-order valence-electron chi connectivity index (χ1n) is 5.96. The maximum absolute atomic E-state index is 9.34. The molecule has 1 rings (SSSR count). The number of hydrogen-bond donors (Lipinski definition) is 2. The minimum Gasteiger partial charge on any atom is -0.491 e. The Morgan fingerprint density at radius 2 is 2.00 bits per heavy atom. The summed E-state index contributed by atoms with van der Waals surface area (Å²) in [5.41, 5.74) is 7.83. The zero-order chi connectivity index (χ0) is 13.1. The summed E-state index contributed by atoms with van der Waals surface area (Å²) >= 11 is 0. The fourth-order valence-electron chi connectivity index (χ4n) is 1.53. The van der Waals surface area contributed by atoms with Crippen molar-refractivity contribution in [2.24, 2.45) is 5.73 Å². The van der Waals surface area contributed by atoms with Gasteiger partial charge in [-0.15, -0.1) is 0 Å². The Kier molecular flexibility index (Phi) is 4.54. The summed E-state index contributed by atoms with van der Waals surface area (Å²) in [4.78, 5) is 0. The molecule has 0 amide bonds. The highest BCUT2D eigenvalue weighted by Crippen LogP contribution is 2.27. The van der Waals surface area contributed by atoms with Crippen molar-refractivity contribution in [2.45, 2.75) is 39.2 Å². The maximum atomic E-state index is 9.34. The van der Waals surface area contributed by atoms with Crippen LogP contribution in [-0.2, 0) is 5.41 Å². The number of aliphatic hydroxyl groups is 1. The number of ether oxygens (including phenoxy) is 1. The summed E-state index contributed by atoms with van der Waals surface area (Å²) < 4.78 is 5.53. The summed E-state index contributed by atoms with van der Waals surface area (Å²) in [5.74, 6) is 0.811. The highest BCUT2D eigenvalue weighted by Gasteiger charge is 2.15. The van der Waals surface area contributed by atoms with Crippen molar-refractivity contribution < 1.29 is 9.84 Å². The summed E-state index contributed by atoms with van der Waals surface area (Å²) in [6, 6.07) is 6.15. The minimum absolute atomic E-state index is 0.139. The van der Waals surface area contributed by atoms with Crippen LogP contribution in [-0.4, -0.2) is 24.4 Å². The van der Waals surface area contributed by atoms with E-state index < -0.39 is 6.10 Å². The molecule has 0 radical (unpaired) electrons. The smallest absolute Gasteiger partial charge is 0.122 e. The van der Waals surface area contributed by atoms with E-state index in [0.717, 1.165) is 11.3 Å². The van der Waals surface area contributed by atoms with Crippen molar-refractivity contribution in [1.29, 1.82) is 0 Å². The Balaban J connectivity index is 2.77. The minimum atomic E-state index is -0.600. The molecule has 3 heteroatoms. The van der Waals surface area contributed by atoms with Crippen LogP contribution >= 0.6 is 0 Å². The number of rotatable bonds is 4. The average molecular weight is 237 g/mol. The van der Waals surface area contributed by atoms with Crippen LogP contribution in [0.15, 0.2) is 18.2 Å². The van der Waals surface area contributed by atoms with E-state index in [1.807, 2.05) is 13.0 Å². The van der Waals surface area contributed by atoms with Gasteiger partial charge in [-0.1, -0.05) is 32.9 Å². The lowest BCUT2D eigenvalue weighted by Crippen LogP contribution is -2.26. The van der Waals surface area contributed by atoms with Gasteiger partial charge in [0.25, 0.3) is 0 Å². The van der Waals surface area contributed by atoms with Crippen LogP contribution < -0.4 is 10.5 Å². The van der Waals surface area contributed by atoms with Crippen molar-refractivity contribution in [2.75, 3.05) is 13.2 Å². The van der Waals surface area contributed by atoms with Gasteiger partial charge in [-0.3, -0.25) is 0 Å². The molecule has 1 aromatic carbocycles. The van der Waals surface area contributed by atoms with Crippen molar-refractivity contribution in [1.82, 2.24) is 0 Å². The van der Waals surface area contributed by atoms with Gasteiger partial charge in [-0.2, -0.15) is 0 Å². The van der Waals surface area contributed by atoms with E-state index in [-0.39, 0.29) is 18.6 Å². The van der Waals surface area contributed by atoms with Gasteiger partial charge in [0, 0.05) is 6.54 Å². The molecule has 0 aliphatic rings. The lowest BCUT2D eigenvalue weighted by molar-refractivity contribution is 0.114. The zero-order valence-electron chi connectivity index (χ0n) is 11.2. The SMILES string of the molecule is Cc1cc(C(C)(C)C)ccc1OCC(O)CN. The van der Waals surface area contributed by atoms with Gasteiger partial charge in [0.05, 0.1) is 0 Å². The Morgan fingerprint density at radius 1 is 1.35 bits per heavy atom. The maximum Gasteiger partial charge on any atom is 0.122 e. The first kappa shape index (κ1) is 14.0. The Morgan fingerprint density at radius 3 is 2.47 bits per heavy atom. The van der Waals surface area contributed by atoms with Gasteiger partial charge < -0.3 is 15.6 Å². The largest absolute Gasteiger partial charge is 0.491 e. The van der Waals surface area contributed by atoms with Crippen molar-refractivity contribution >= 4 is 0 Å². The van der Waals surface area contributed by atoms with Crippen LogP contribution in [0, 0.1) is 6.92 Å². The predicted octanol–water partition coefficient (Wildman–Crippen LogP) is 1.99. The third kappa shape index (κ3) is 4.02. The normalized spacial score (nSPS) is 13.5. The Labute approximate surface area is 104 Å². The third-order valence-corrected chi connectivity index (χ3v) is 2.74. The highest BCUT2D eigenvalue weighted by atomic mass is 16.5. The fraction of sp³-hybridized carbons (Fsp3) is 0.571. The molecule has 0 saturated carbocycles. The lowest BCUT2D eigenvalue weighted by Gasteiger charge is -2.21. The number of aryl methyl sites for hydroxylation is 1. The molecule has 0 bridgehead atoms. The first-order valence-corrected chi connectivity index (χ1v) is 5.96. The van der Waals surface area contributed by atoms with E-state index in [9.17, 15) is 5.11 Å². The van der Waals surface area contributed by atoms with E-state index in [2.05, 4.69) is 32.9 Å². The molecule has 0 aliphatic heterocycles. The number of aliphatic hydroxyl groups excluding tert-OH is 1. The summed E-state index contributed by atoms with van der Waals surface area (Å²) in [6.45, 7) is 9.02. The summed E-state index contributed by atoms with van der Waals surface area (Å²) in [6.07, 6.45) is -0.600. The van der Waals surface area contributed by atoms with Crippen molar-refractivity contribution in [3.63, 3.8) is 0 Å². The summed E-state index contributed by atoms with van der Waals surface area (Å²) in [7, 11) is 0. The molecule has 3 N–H and O–H groups in total. The highest BCUT2D eigenvalue weighted by molar-refractivity contribution is 5.38. The molecule has 0 fully saturated rings. The molecule has 0 spiro atoms. The molecule has 3 nitrogen and oxygen atoms in total. The van der Waals surface area contributed by atoms with Crippen LogP contribution in [0.2, 0.25) is 0 Å². The first-order chi connectivity index (χ1) is 7.84. The van der Waals surface area contributed by atoms with E-state index in [1.54, 1.807) is 0 Å². The lowest BCUT2D eigenvalue weighted by atomic mass is 9.86. The van der Waals surface area contributed by atoms with E-state index in [1.165, 1.54) is 5.56 Å². The third-order valence-electron chi connectivity index (χ3n) is 2.74. The molecular weight excluding hydrogens is 214 g/mol. The monoisotopic (exact) mass is 237 g/mol. The molecule has 0 aliphatic carbocycles. The molecule has 1 aromatic rings. The predicted molar refractivity (Wildman–Crippen MR) is 70.4 cm³/mol. The molecule has 1 unspecified atom stereocenters. The Hall–Kier alpha value is -1.06. The molecule has 0 heterocycles. The van der Waals surface area contributed by atoms with Gasteiger partial charge in [-0.05, 0) is 29.5 Å². The topological polar surface area (TPSA) is 55.5 Å². The number of hydrogen-bond acceptors (Lipinski definition) is 3. The second-order valence-corrected chi connectivity index (χ2v) is 5.43. The molecule has 96 valence electrons. The standard InChI is InChI=1S/C14H23NO2/c1-10-7-11(14(2,3)4)5-6-13(10)17-9-12(16)8-15/h5-7,12,16H,8-9,15H2,1-4H3. The molecule has 1 atom stereocenters. The second kappa shape index (κ2) is 5.52. The number of nitrogens with two attached hydrogens (primary N) is 1. The van der Waals surface area contributed by atoms with E-state index in [0.29, 0.717) is 0 Å². The van der Waals surface area contributed by atoms with Gasteiger partial charge >= 0.3 is 0 Å². The van der Waals surface area contributed by atoms with Crippen molar-refractivity contribution in [3.05, 3.63) is 29.3 Å². The molecule has 0 saturated heterocycles. The number of benzene rings is 1. The van der Waals surface area contributed by atoms with Crippen LogP contribution in [0.25, 0.3) is 0 Å². The van der Waals surface area contributed by atoms with Crippen LogP contribution in [0.3, 0.4) is 0 Å². The molecule has 0 aromatic heterocycles. The molecule has 17 heavy (non-hydrogen) atoms. The van der Waals surface area contributed by atoms with E-state index >= 15 is 0 Å². The van der Waals surface area contributed by atoms with Crippen LogP contribution in [0.1, 0.15) is 31.9 Å². The van der Waals surface area contributed by atoms with Gasteiger partial charge in [0.1, 0.15) is 18.5 Å². The molecular formula is C14H23NO2. The van der Waals surface area contributed by atoms with Gasteiger partial charge in [-0.25, -0.2) is 0 Å². The Bertz CT molecular complexity index is 369. The quantitative estimate of drug-likeness (QED) is 0.842. The van der Waals surface area contributed by atoms with Gasteiger partial charge in [0.2, 0.25) is 0 Å². The summed E-state index contributed by atoms with van der Waals surface area (Å²) in [5, 5.41) is 9.34. The van der Waals surface area contributed by atoms with Gasteiger partial charge in [0.15, 0.2) is 0 Å². The van der Waals surface area contributed by atoms with Crippen LogP contribution in [0.4, 0.5) is 0 Å². The van der Waals surface area contributed by atoms with Crippen molar-refractivity contribution in [3.8, 4) is 5.75 Å². The zero-order valence-corrected chi connectivity index (χ0v) is 11.2. The van der Waals surface area contributed by atoms with Crippen LogP contribution in [0.5, 0.6) is 5.75 Å². The average Bonchev–Trinajstić information content (AvgIpc) is 2.25. The van der Waals surface area contributed by atoms with E-state index in [4.69, 9.17) is 10.5 Å². The fourth-order valence-corrected chi connectivity index (χ4v) is 1.53. The second-order valence-electron chi connectivity index (χ2n) is 5.43.